The predicted octanol–water partition coefficient (Wildman–Crippen LogP) is 3.84. The van der Waals surface area contributed by atoms with Crippen LogP contribution in [0.25, 0.3) is 10.2 Å². The molecule has 2 aromatic heterocycles. The van der Waals surface area contributed by atoms with Crippen LogP contribution in [0.4, 0.5) is 0 Å². The standard InChI is InChI=1S/C22H24N2O5S2/c1-4-28-16(25)13-30-22-23-19-17(14(3)18(31-19)21(27)29-5-2)20(26)24(22)12-11-15-9-7-6-8-10-15/h6-10H,4-5,11-13H2,1-3H3. The Labute approximate surface area is 188 Å². The minimum absolute atomic E-state index is 0.0478. The van der Waals surface area contributed by atoms with Crippen molar-refractivity contribution in [2.45, 2.75) is 38.9 Å². The molecule has 1 aromatic carbocycles. The summed E-state index contributed by atoms with van der Waals surface area (Å²) in [6.45, 7) is 6.16. The van der Waals surface area contributed by atoms with Crippen molar-refractivity contribution < 1.29 is 19.1 Å². The largest absolute Gasteiger partial charge is 0.465 e. The third-order valence-corrected chi connectivity index (χ3v) is 6.68. The van der Waals surface area contributed by atoms with E-state index < -0.39 is 5.97 Å². The number of aromatic nitrogens is 2. The Morgan fingerprint density at radius 2 is 1.84 bits per heavy atom. The van der Waals surface area contributed by atoms with Crippen molar-refractivity contribution >= 4 is 45.3 Å². The summed E-state index contributed by atoms with van der Waals surface area (Å²) in [6.07, 6.45) is 0.634. The first-order chi connectivity index (χ1) is 15.0. The molecule has 3 rings (SSSR count). The number of rotatable bonds is 9. The van der Waals surface area contributed by atoms with Gasteiger partial charge in [-0.25, -0.2) is 9.78 Å². The SMILES string of the molecule is CCOC(=O)CSc1nc2sc(C(=O)OCC)c(C)c2c(=O)n1CCc1ccccc1. The lowest BCUT2D eigenvalue weighted by Gasteiger charge is -2.12. The second kappa shape index (κ2) is 10.6. The van der Waals surface area contributed by atoms with Crippen molar-refractivity contribution in [1.82, 2.24) is 9.55 Å². The van der Waals surface area contributed by atoms with E-state index in [1.807, 2.05) is 30.3 Å². The molecule has 0 spiro atoms. The van der Waals surface area contributed by atoms with Crippen molar-refractivity contribution in [3.05, 3.63) is 56.7 Å². The van der Waals surface area contributed by atoms with Gasteiger partial charge in [-0.05, 0) is 38.3 Å². The smallest absolute Gasteiger partial charge is 0.348 e. The fourth-order valence-corrected chi connectivity index (χ4v) is 5.05. The molecule has 0 saturated carbocycles. The minimum atomic E-state index is -0.459. The van der Waals surface area contributed by atoms with Crippen molar-refractivity contribution in [2.75, 3.05) is 19.0 Å². The maximum absolute atomic E-state index is 13.4. The summed E-state index contributed by atoms with van der Waals surface area (Å²) < 4.78 is 11.7. The number of esters is 2. The lowest BCUT2D eigenvalue weighted by molar-refractivity contribution is -0.139. The van der Waals surface area contributed by atoms with E-state index in [0.717, 1.165) is 28.7 Å². The summed E-state index contributed by atoms with van der Waals surface area (Å²) in [4.78, 5) is 43.0. The molecule has 0 saturated heterocycles. The second-order valence-electron chi connectivity index (χ2n) is 6.64. The lowest BCUT2D eigenvalue weighted by Crippen LogP contribution is -2.25. The number of hydrogen-bond donors (Lipinski definition) is 0. The normalized spacial score (nSPS) is 10.9. The number of benzene rings is 1. The number of carbonyl (C=O) groups excluding carboxylic acids is 2. The van der Waals surface area contributed by atoms with Crippen molar-refractivity contribution in [3.8, 4) is 0 Å². The zero-order chi connectivity index (χ0) is 22.4. The van der Waals surface area contributed by atoms with Gasteiger partial charge >= 0.3 is 11.9 Å². The molecule has 9 heteroatoms. The van der Waals surface area contributed by atoms with Gasteiger partial charge in [0.25, 0.3) is 5.56 Å². The van der Waals surface area contributed by atoms with Crippen LogP contribution in [0.15, 0.2) is 40.3 Å². The molecular weight excluding hydrogens is 436 g/mol. The molecule has 0 bridgehead atoms. The Kier molecular flexibility index (Phi) is 7.86. The number of fused-ring (bicyclic) bond motifs is 1. The summed E-state index contributed by atoms with van der Waals surface area (Å²) in [7, 11) is 0. The maximum Gasteiger partial charge on any atom is 0.348 e. The van der Waals surface area contributed by atoms with Gasteiger partial charge in [-0.3, -0.25) is 14.2 Å². The third-order valence-electron chi connectivity index (χ3n) is 4.57. The molecule has 31 heavy (non-hydrogen) atoms. The summed E-state index contributed by atoms with van der Waals surface area (Å²) in [6, 6.07) is 9.83. The van der Waals surface area contributed by atoms with Crippen LogP contribution < -0.4 is 5.56 Å². The van der Waals surface area contributed by atoms with E-state index in [2.05, 4.69) is 4.98 Å². The molecule has 0 atom stereocenters. The first-order valence-electron chi connectivity index (χ1n) is 9.99. The number of ether oxygens (including phenoxy) is 2. The second-order valence-corrected chi connectivity index (χ2v) is 8.58. The molecule has 0 N–H and O–H groups in total. The average molecular weight is 461 g/mol. The molecule has 0 radical (unpaired) electrons. The van der Waals surface area contributed by atoms with Crippen molar-refractivity contribution in [3.63, 3.8) is 0 Å². The molecule has 2 heterocycles. The van der Waals surface area contributed by atoms with Crippen LogP contribution in [0.3, 0.4) is 0 Å². The van der Waals surface area contributed by atoms with E-state index in [-0.39, 0.29) is 23.9 Å². The first kappa shape index (κ1) is 23.0. The van der Waals surface area contributed by atoms with Gasteiger partial charge in [0.2, 0.25) is 0 Å². The van der Waals surface area contributed by atoms with E-state index in [4.69, 9.17) is 9.47 Å². The Morgan fingerprint density at radius 3 is 2.52 bits per heavy atom. The van der Waals surface area contributed by atoms with E-state index in [1.54, 1.807) is 25.3 Å². The molecule has 0 unspecified atom stereocenters. The van der Waals surface area contributed by atoms with E-state index in [1.165, 1.54) is 0 Å². The third kappa shape index (κ3) is 5.34. The van der Waals surface area contributed by atoms with Gasteiger partial charge in [-0.2, -0.15) is 0 Å². The quantitative estimate of drug-likeness (QED) is 0.272. The minimum Gasteiger partial charge on any atom is -0.465 e. The van der Waals surface area contributed by atoms with Gasteiger partial charge in [0.15, 0.2) is 5.16 Å². The lowest BCUT2D eigenvalue weighted by atomic mass is 10.1. The van der Waals surface area contributed by atoms with Crippen molar-refractivity contribution in [1.29, 1.82) is 0 Å². The fraction of sp³-hybridized carbons (Fsp3) is 0.364. The van der Waals surface area contributed by atoms with Crippen LogP contribution in [0.5, 0.6) is 0 Å². The fourth-order valence-electron chi connectivity index (χ4n) is 3.11. The van der Waals surface area contributed by atoms with Gasteiger partial charge in [0.1, 0.15) is 9.71 Å². The molecule has 0 aliphatic rings. The number of aryl methyl sites for hydroxylation is 2. The summed E-state index contributed by atoms with van der Waals surface area (Å²) in [5.74, 6) is -0.781. The highest BCUT2D eigenvalue weighted by molar-refractivity contribution is 7.99. The number of hydrogen-bond acceptors (Lipinski definition) is 8. The summed E-state index contributed by atoms with van der Waals surface area (Å²) >= 11 is 2.30. The summed E-state index contributed by atoms with van der Waals surface area (Å²) in [5.41, 5.74) is 1.44. The highest BCUT2D eigenvalue weighted by Gasteiger charge is 2.23. The molecule has 0 fully saturated rings. The Morgan fingerprint density at radius 1 is 1.13 bits per heavy atom. The molecule has 0 amide bonds. The molecule has 7 nitrogen and oxygen atoms in total. The van der Waals surface area contributed by atoms with Crippen LogP contribution in [0.2, 0.25) is 0 Å². The van der Waals surface area contributed by atoms with Crippen LogP contribution in [0, 0.1) is 6.92 Å². The van der Waals surface area contributed by atoms with Gasteiger partial charge in [-0.1, -0.05) is 42.1 Å². The van der Waals surface area contributed by atoms with E-state index in [9.17, 15) is 14.4 Å². The average Bonchev–Trinajstić information content (AvgIpc) is 3.09. The Hall–Kier alpha value is -2.65. The van der Waals surface area contributed by atoms with Crippen LogP contribution >= 0.6 is 23.1 Å². The summed E-state index contributed by atoms with van der Waals surface area (Å²) in [5, 5.41) is 0.847. The van der Waals surface area contributed by atoms with E-state index in [0.29, 0.717) is 45.4 Å². The number of thiophene rings is 1. The highest BCUT2D eigenvalue weighted by Crippen LogP contribution is 2.30. The number of thioether (sulfide) groups is 1. The van der Waals surface area contributed by atoms with Crippen LogP contribution in [0.1, 0.15) is 34.6 Å². The number of nitrogens with zero attached hydrogens (tertiary/aromatic N) is 2. The monoisotopic (exact) mass is 460 g/mol. The predicted molar refractivity (Wildman–Crippen MR) is 122 cm³/mol. The van der Waals surface area contributed by atoms with Crippen molar-refractivity contribution in [2.24, 2.45) is 0 Å². The Bertz CT molecular complexity index is 1140. The topological polar surface area (TPSA) is 87.5 Å². The highest BCUT2D eigenvalue weighted by atomic mass is 32.2. The zero-order valence-electron chi connectivity index (χ0n) is 17.7. The van der Waals surface area contributed by atoms with Gasteiger partial charge in [-0.15, -0.1) is 11.3 Å². The molecule has 0 aliphatic carbocycles. The zero-order valence-corrected chi connectivity index (χ0v) is 19.3. The maximum atomic E-state index is 13.4. The molecule has 3 aromatic rings. The molecular formula is C22H24N2O5S2. The Balaban J connectivity index is 2.03. The first-order valence-corrected chi connectivity index (χ1v) is 11.8. The van der Waals surface area contributed by atoms with Gasteiger partial charge in [0.05, 0.1) is 24.4 Å². The number of carbonyl (C=O) groups is 2. The molecule has 0 aliphatic heterocycles. The van der Waals surface area contributed by atoms with Gasteiger partial charge < -0.3 is 9.47 Å². The molecule has 164 valence electrons. The van der Waals surface area contributed by atoms with E-state index >= 15 is 0 Å². The van der Waals surface area contributed by atoms with Gasteiger partial charge in [0, 0.05) is 6.54 Å². The van der Waals surface area contributed by atoms with Crippen LogP contribution in [-0.2, 0) is 27.2 Å². The van der Waals surface area contributed by atoms with Crippen LogP contribution in [-0.4, -0.2) is 40.5 Å².